The molecule has 0 unspecified atom stereocenters. The van der Waals surface area contributed by atoms with Crippen LogP contribution in [0.15, 0.2) is 18.2 Å². The van der Waals surface area contributed by atoms with E-state index < -0.39 is 0 Å². The first-order valence-electron chi connectivity index (χ1n) is 7.08. The molecule has 3 nitrogen and oxygen atoms in total. The van der Waals surface area contributed by atoms with Gasteiger partial charge in [0.05, 0.1) is 0 Å². The molecule has 0 amide bonds. The molecule has 0 bridgehead atoms. The summed E-state index contributed by atoms with van der Waals surface area (Å²) < 4.78 is 0. The summed E-state index contributed by atoms with van der Waals surface area (Å²) in [6, 6.07) is 6.11. The first kappa shape index (κ1) is 15.7. The van der Waals surface area contributed by atoms with Gasteiger partial charge in [-0.25, -0.2) is 0 Å². The zero-order valence-electron chi connectivity index (χ0n) is 12.6. The van der Waals surface area contributed by atoms with Crippen LogP contribution in [0.2, 0.25) is 0 Å². The number of Topliss-reactive ketones (excluding diaryl/α,β-unsaturated/α-hetero) is 1. The normalized spacial score (nSPS) is 10.8. The number of aryl methyl sites for hydroxylation is 1. The first-order chi connectivity index (χ1) is 8.99. The Balaban J connectivity index is 3.07. The molecule has 0 aliphatic heterocycles. The molecular weight excluding hydrogens is 236 g/mol. The molecule has 2 N–H and O–H groups in total. The van der Waals surface area contributed by atoms with Crippen molar-refractivity contribution in [1.82, 2.24) is 0 Å². The Morgan fingerprint density at radius 3 is 2.53 bits per heavy atom. The number of nitrogens with two attached hydrogens (primary N) is 1. The minimum atomic E-state index is 0.137. The monoisotopic (exact) mass is 262 g/mol. The van der Waals surface area contributed by atoms with Gasteiger partial charge in [0.25, 0.3) is 0 Å². The molecule has 0 aromatic heterocycles. The summed E-state index contributed by atoms with van der Waals surface area (Å²) in [7, 11) is 0. The molecule has 106 valence electrons. The van der Waals surface area contributed by atoms with E-state index in [0.717, 1.165) is 30.6 Å². The smallest absolute Gasteiger partial charge is 0.160 e. The van der Waals surface area contributed by atoms with Gasteiger partial charge < -0.3 is 10.6 Å². The van der Waals surface area contributed by atoms with Crippen LogP contribution in [0.1, 0.15) is 43.6 Å². The number of nitrogens with zero attached hydrogens (tertiary/aromatic N) is 1. The molecule has 0 fully saturated rings. The molecule has 0 aliphatic rings. The van der Waals surface area contributed by atoms with Crippen molar-refractivity contribution in [2.75, 3.05) is 24.5 Å². The third-order valence-corrected chi connectivity index (χ3v) is 3.20. The summed E-state index contributed by atoms with van der Waals surface area (Å²) in [5.41, 5.74) is 8.82. The first-order valence-corrected chi connectivity index (χ1v) is 7.08. The molecular formula is C16H26N2O. The van der Waals surface area contributed by atoms with Crippen molar-refractivity contribution in [2.45, 2.75) is 34.1 Å². The topological polar surface area (TPSA) is 46.3 Å². The molecule has 0 heterocycles. The zero-order valence-corrected chi connectivity index (χ0v) is 12.6. The zero-order chi connectivity index (χ0) is 14.4. The summed E-state index contributed by atoms with van der Waals surface area (Å²) in [4.78, 5) is 13.9. The molecule has 0 atom stereocenters. The lowest BCUT2D eigenvalue weighted by Gasteiger charge is -2.27. The number of anilines is 1. The predicted octanol–water partition coefficient (Wildman–Crippen LogP) is 2.87. The van der Waals surface area contributed by atoms with Gasteiger partial charge in [-0.2, -0.15) is 0 Å². The Bertz CT molecular complexity index is 427. The third-order valence-electron chi connectivity index (χ3n) is 3.20. The SMILES string of the molecule is CCc1cc(N(CCN)CC(C)C)ccc1C(C)=O. The molecule has 0 radical (unpaired) electrons. The molecule has 1 aromatic rings. The Labute approximate surface area is 116 Å². The van der Waals surface area contributed by atoms with E-state index in [4.69, 9.17) is 5.73 Å². The van der Waals surface area contributed by atoms with Crippen LogP contribution in [0.3, 0.4) is 0 Å². The third kappa shape index (κ3) is 4.35. The highest BCUT2D eigenvalue weighted by molar-refractivity contribution is 5.96. The number of rotatable bonds is 7. The van der Waals surface area contributed by atoms with Crippen molar-refractivity contribution in [2.24, 2.45) is 11.7 Å². The number of hydrogen-bond acceptors (Lipinski definition) is 3. The summed E-state index contributed by atoms with van der Waals surface area (Å²) in [5.74, 6) is 0.724. The second-order valence-corrected chi connectivity index (χ2v) is 5.38. The number of carbonyl (C=O) groups excluding carboxylic acids is 1. The minimum Gasteiger partial charge on any atom is -0.370 e. The van der Waals surface area contributed by atoms with Crippen molar-refractivity contribution in [1.29, 1.82) is 0 Å². The van der Waals surface area contributed by atoms with Crippen molar-refractivity contribution >= 4 is 11.5 Å². The van der Waals surface area contributed by atoms with Crippen LogP contribution in [-0.2, 0) is 6.42 Å². The Hall–Kier alpha value is -1.35. The molecule has 1 rings (SSSR count). The summed E-state index contributed by atoms with van der Waals surface area (Å²) in [6.45, 7) is 10.6. The Morgan fingerprint density at radius 1 is 1.37 bits per heavy atom. The summed E-state index contributed by atoms with van der Waals surface area (Å²) in [6.07, 6.45) is 0.876. The number of carbonyl (C=O) groups is 1. The van der Waals surface area contributed by atoms with Crippen LogP contribution >= 0.6 is 0 Å². The molecule has 0 spiro atoms. The minimum absolute atomic E-state index is 0.137. The van der Waals surface area contributed by atoms with Gasteiger partial charge in [0.2, 0.25) is 0 Å². The van der Waals surface area contributed by atoms with Gasteiger partial charge in [-0.05, 0) is 43.0 Å². The van der Waals surface area contributed by atoms with Crippen molar-refractivity contribution in [3.8, 4) is 0 Å². The van der Waals surface area contributed by atoms with E-state index in [0.29, 0.717) is 12.5 Å². The van der Waals surface area contributed by atoms with Crippen molar-refractivity contribution in [3.63, 3.8) is 0 Å². The van der Waals surface area contributed by atoms with Gasteiger partial charge in [0, 0.05) is 30.9 Å². The highest BCUT2D eigenvalue weighted by atomic mass is 16.1. The second-order valence-electron chi connectivity index (χ2n) is 5.38. The molecule has 0 aliphatic carbocycles. The fourth-order valence-corrected chi connectivity index (χ4v) is 2.34. The van der Waals surface area contributed by atoms with Crippen LogP contribution in [0.25, 0.3) is 0 Å². The van der Waals surface area contributed by atoms with Crippen molar-refractivity contribution < 1.29 is 4.79 Å². The maximum Gasteiger partial charge on any atom is 0.160 e. The number of ketones is 1. The van der Waals surface area contributed by atoms with E-state index >= 15 is 0 Å². The van der Waals surface area contributed by atoms with Crippen LogP contribution in [0.5, 0.6) is 0 Å². The van der Waals surface area contributed by atoms with Crippen LogP contribution in [-0.4, -0.2) is 25.4 Å². The van der Waals surface area contributed by atoms with E-state index in [2.05, 4.69) is 31.7 Å². The molecule has 0 saturated carbocycles. The lowest BCUT2D eigenvalue weighted by molar-refractivity contribution is 0.101. The maximum atomic E-state index is 11.6. The average Bonchev–Trinajstić information content (AvgIpc) is 2.36. The van der Waals surface area contributed by atoms with Gasteiger partial charge in [-0.1, -0.05) is 20.8 Å². The average molecular weight is 262 g/mol. The van der Waals surface area contributed by atoms with Gasteiger partial charge in [0.15, 0.2) is 5.78 Å². The second kappa shape index (κ2) is 7.29. The van der Waals surface area contributed by atoms with Crippen LogP contribution < -0.4 is 10.6 Å². The van der Waals surface area contributed by atoms with E-state index in [-0.39, 0.29) is 5.78 Å². The Kier molecular flexibility index (Phi) is 6.03. The van der Waals surface area contributed by atoms with Gasteiger partial charge in [0.1, 0.15) is 0 Å². The maximum absolute atomic E-state index is 11.6. The summed E-state index contributed by atoms with van der Waals surface area (Å²) in [5, 5.41) is 0. The highest BCUT2D eigenvalue weighted by Gasteiger charge is 2.12. The lowest BCUT2D eigenvalue weighted by atomic mass is 10.0. The lowest BCUT2D eigenvalue weighted by Crippen LogP contribution is -2.32. The van der Waals surface area contributed by atoms with Crippen LogP contribution in [0, 0.1) is 5.92 Å². The highest BCUT2D eigenvalue weighted by Crippen LogP contribution is 2.21. The fraction of sp³-hybridized carbons (Fsp3) is 0.562. The van der Waals surface area contributed by atoms with Gasteiger partial charge >= 0.3 is 0 Å². The van der Waals surface area contributed by atoms with Crippen LogP contribution in [0.4, 0.5) is 5.69 Å². The number of benzene rings is 1. The van der Waals surface area contributed by atoms with E-state index in [1.807, 2.05) is 12.1 Å². The summed E-state index contributed by atoms with van der Waals surface area (Å²) >= 11 is 0. The molecule has 1 aromatic carbocycles. The largest absolute Gasteiger partial charge is 0.370 e. The van der Waals surface area contributed by atoms with E-state index in [1.54, 1.807) is 6.92 Å². The van der Waals surface area contributed by atoms with Gasteiger partial charge in [-0.3, -0.25) is 4.79 Å². The van der Waals surface area contributed by atoms with Gasteiger partial charge in [-0.15, -0.1) is 0 Å². The van der Waals surface area contributed by atoms with Crippen molar-refractivity contribution in [3.05, 3.63) is 29.3 Å². The quantitative estimate of drug-likeness (QED) is 0.769. The molecule has 3 heteroatoms. The molecule has 19 heavy (non-hydrogen) atoms. The predicted molar refractivity (Wildman–Crippen MR) is 81.9 cm³/mol. The fourth-order valence-electron chi connectivity index (χ4n) is 2.34. The standard InChI is InChI=1S/C16H26N2O/c1-5-14-10-15(6-7-16(14)13(4)19)18(9-8-17)11-12(2)3/h6-7,10,12H,5,8-9,11,17H2,1-4H3. The van der Waals surface area contributed by atoms with E-state index in [9.17, 15) is 4.79 Å². The Morgan fingerprint density at radius 2 is 2.05 bits per heavy atom. The number of hydrogen-bond donors (Lipinski definition) is 1. The van der Waals surface area contributed by atoms with E-state index in [1.165, 1.54) is 5.69 Å². The molecule has 0 saturated heterocycles.